The van der Waals surface area contributed by atoms with Crippen LogP contribution in [0.25, 0.3) is 0 Å². The molecule has 0 aliphatic carbocycles. The van der Waals surface area contributed by atoms with Gasteiger partial charge in [0.15, 0.2) is 0 Å². The van der Waals surface area contributed by atoms with Gasteiger partial charge in [-0.2, -0.15) is 0 Å². The van der Waals surface area contributed by atoms with Crippen LogP contribution in [0.15, 0.2) is 18.2 Å². The van der Waals surface area contributed by atoms with E-state index < -0.39 is 6.04 Å². The number of carbonyl (C=O) groups excluding carboxylic acids is 3. The summed E-state index contributed by atoms with van der Waals surface area (Å²) in [6.07, 6.45) is 0.292. The molecule has 146 valence electrons. The Morgan fingerprint density at radius 3 is 2.33 bits per heavy atom. The molecule has 3 rings (SSSR count). The van der Waals surface area contributed by atoms with Crippen LogP contribution in [0.5, 0.6) is 0 Å². The molecule has 1 atom stereocenters. The summed E-state index contributed by atoms with van der Waals surface area (Å²) >= 11 is 12.4. The van der Waals surface area contributed by atoms with Crippen molar-refractivity contribution in [3.8, 4) is 0 Å². The molecule has 1 unspecified atom stereocenters. The van der Waals surface area contributed by atoms with Crippen molar-refractivity contribution in [3.63, 3.8) is 0 Å². The van der Waals surface area contributed by atoms with E-state index >= 15 is 0 Å². The van der Waals surface area contributed by atoms with Crippen LogP contribution >= 0.6 is 23.2 Å². The van der Waals surface area contributed by atoms with Gasteiger partial charge in [-0.15, -0.1) is 0 Å². The summed E-state index contributed by atoms with van der Waals surface area (Å²) in [5, 5.41) is 0.975. The molecule has 27 heavy (non-hydrogen) atoms. The predicted molar refractivity (Wildman–Crippen MR) is 102 cm³/mol. The minimum Gasteiger partial charge on any atom is -0.382 e. The van der Waals surface area contributed by atoms with E-state index in [9.17, 15) is 14.4 Å². The number of benzene rings is 1. The second kappa shape index (κ2) is 8.46. The maximum absolute atomic E-state index is 13.0. The highest BCUT2D eigenvalue weighted by Gasteiger charge is 2.41. The van der Waals surface area contributed by atoms with Crippen molar-refractivity contribution in [2.24, 2.45) is 0 Å². The van der Waals surface area contributed by atoms with E-state index in [-0.39, 0.29) is 37.2 Å². The number of anilines is 1. The van der Waals surface area contributed by atoms with Gasteiger partial charge in [0, 0.05) is 46.1 Å². The van der Waals surface area contributed by atoms with Gasteiger partial charge in [0.1, 0.15) is 6.04 Å². The lowest BCUT2D eigenvalue weighted by Crippen LogP contribution is -2.57. The summed E-state index contributed by atoms with van der Waals surface area (Å²) in [5.41, 5.74) is 0.828. The third kappa shape index (κ3) is 4.05. The smallest absolute Gasteiger partial charge is 0.248 e. The molecule has 3 amide bonds. The van der Waals surface area contributed by atoms with Crippen LogP contribution in [0.2, 0.25) is 10.0 Å². The molecule has 9 heteroatoms. The number of piperazine rings is 1. The third-order valence-electron chi connectivity index (χ3n) is 4.87. The fraction of sp³-hybridized carbons (Fsp3) is 0.500. The summed E-state index contributed by atoms with van der Waals surface area (Å²) in [5.74, 6) is -0.906. The molecule has 0 spiro atoms. The third-order valence-corrected chi connectivity index (χ3v) is 5.68. The van der Waals surface area contributed by atoms with Crippen LogP contribution in [0, 0.1) is 0 Å². The first-order chi connectivity index (χ1) is 12.9. The first-order valence-corrected chi connectivity index (χ1v) is 9.51. The molecule has 2 saturated heterocycles. The Bertz CT molecular complexity index is 734. The maximum Gasteiger partial charge on any atom is 0.248 e. The molecular formula is C18H21Cl2N3O4. The Hall–Kier alpha value is -1.83. The number of carbonyl (C=O) groups is 3. The van der Waals surface area contributed by atoms with E-state index in [0.717, 1.165) is 10.6 Å². The number of rotatable bonds is 5. The summed E-state index contributed by atoms with van der Waals surface area (Å²) in [7, 11) is 1.45. The molecule has 0 aromatic heterocycles. The maximum atomic E-state index is 13.0. The first-order valence-electron chi connectivity index (χ1n) is 8.75. The highest BCUT2D eigenvalue weighted by Crippen LogP contribution is 2.33. The van der Waals surface area contributed by atoms with Crippen LogP contribution in [0.3, 0.4) is 0 Å². The predicted octanol–water partition coefficient (Wildman–Crippen LogP) is 1.81. The molecule has 0 saturated carbocycles. The van der Waals surface area contributed by atoms with Gasteiger partial charge in [-0.25, -0.2) is 0 Å². The molecule has 0 bridgehead atoms. The average Bonchev–Trinajstić information content (AvgIpc) is 3.00. The van der Waals surface area contributed by atoms with Gasteiger partial charge in [-0.05, 0) is 12.1 Å². The van der Waals surface area contributed by atoms with E-state index in [1.54, 1.807) is 11.0 Å². The molecule has 7 nitrogen and oxygen atoms in total. The standard InChI is InChI=1S/C18H21Cl2N3O4/c1-27-11-14(23-15(24)5-6-16(23)25)18(26)22-9-7-21(8-10-22)13-4-2-3-12(19)17(13)20/h2-4,14H,5-11H2,1H3. The molecule has 2 heterocycles. The summed E-state index contributed by atoms with van der Waals surface area (Å²) in [6.45, 7) is 2.06. The SMILES string of the molecule is COCC(C(=O)N1CCN(c2cccc(Cl)c2Cl)CC1)N1C(=O)CCC1=O. The van der Waals surface area contributed by atoms with Crippen molar-refractivity contribution < 1.29 is 19.1 Å². The monoisotopic (exact) mass is 413 g/mol. The zero-order valence-corrected chi connectivity index (χ0v) is 16.5. The quantitative estimate of drug-likeness (QED) is 0.688. The molecule has 2 fully saturated rings. The number of hydrogen-bond acceptors (Lipinski definition) is 5. The Kier molecular flexibility index (Phi) is 6.24. The van der Waals surface area contributed by atoms with Crippen molar-refractivity contribution >= 4 is 46.6 Å². The van der Waals surface area contributed by atoms with Gasteiger partial charge in [-0.1, -0.05) is 29.3 Å². The fourth-order valence-corrected chi connectivity index (χ4v) is 3.89. The molecule has 0 radical (unpaired) electrons. The minimum atomic E-state index is -0.904. The van der Waals surface area contributed by atoms with Crippen LogP contribution in [0.4, 0.5) is 5.69 Å². The van der Waals surface area contributed by atoms with Gasteiger partial charge in [0.2, 0.25) is 17.7 Å². The number of ether oxygens (including phenoxy) is 1. The topological polar surface area (TPSA) is 70.2 Å². The highest BCUT2D eigenvalue weighted by molar-refractivity contribution is 6.43. The lowest BCUT2D eigenvalue weighted by molar-refractivity contribution is -0.152. The second-order valence-electron chi connectivity index (χ2n) is 6.51. The molecule has 1 aromatic rings. The van der Waals surface area contributed by atoms with Crippen molar-refractivity contribution in [2.45, 2.75) is 18.9 Å². The van der Waals surface area contributed by atoms with E-state index in [1.807, 2.05) is 12.1 Å². The minimum absolute atomic E-state index is 0.00332. The van der Waals surface area contributed by atoms with Gasteiger partial charge >= 0.3 is 0 Å². The molecule has 2 aliphatic heterocycles. The zero-order valence-electron chi connectivity index (χ0n) is 15.0. The van der Waals surface area contributed by atoms with E-state index in [2.05, 4.69) is 4.90 Å². The van der Waals surface area contributed by atoms with Crippen molar-refractivity contribution in [1.29, 1.82) is 0 Å². The fourth-order valence-electron chi connectivity index (χ4n) is 3.47. The Morgan fingerprint density at radius 2 is 1.74 bits per heavy atom. The normalized spacial score (nSPS) is 19.0. The summed E-state index contributed by atoms with van der Waals surface area (Å²) in [4.78, 5) is 41.8. The lowest BCUT2D eigenvalue weighted by atomic mass is 10.2. The molecular weight excluding hydrogens is 393 g/mol. The van der Waals surface area contributed by atoms with Crippen molar-refractivity contribution in [1.82, 2.24) is 9.80 Å². The van der Waals surface area contributed by atoms with Crippen molar-refractivity contribution in [2.75, 3.05) is 44.8 Å². The lowest BCUT2D eigenvalue weighted by Gasteiger charge is -2.39. The van der Waals surface area contributed by atoms with Gasteiger partial charge < -0.3 is 14.5 Å². The largest absolute Gasteiger partial charge is 0.382 e. The Morgan fingerprint density at radius 1 is 1.11 bits per heavy atom. The highest BCUT2D eigenvalue weighted by atomic mass is 35.5. The number of amides is 3. The second-order valence-corrected chi connectivity index (χ2v) is 7.30. The first kappa shape index (κ1) is 19.9. The van der Waals surface area contributed by atoms with E-state index in [0.29, 0.717) is 36.2 Å². The van der Waals surface area contributed by atoms with Crippen LogP contribution in [-0.4, -0.2) is 73.5 Å². The van der Waals surface area contributed by atoms with Crippen LogP contribution in [-0.2, 0) is 19.1 Å². The Balaban J connectivity index is 1.68. The van der Waals surface area contributed by atoms with Crippen molar-refractivity contribution in [3.05, 3.63) is 28.2 Å². The van der Waals surface area contributed by atoms with Gasteiger partial charge in [0.05, 0.1) is 22.3 Å². The van der Waals surface area contributed by atoms with Crippen LogP contribution < -0.4 is 4.90 Å². The number of methoxy groups -OCH3 is 1. The average molecular weight is 414 g/mol. The van der Waals surface area contributed by atoms with Gasteiger partial charge in [-0.3, -0.25) is 19.3 Å². The molecule has 0 N–H and O–H groups in total. The number of halogens is 2. The number of imide groups is 1. The molecule has 1 aromatic carbocycles. The Labute approximate surface area is 167 Å². The number of likely N-dealkylation sites (tertiary alicyclic amines) is 1. The van der Waals surface area contributed by atoms with E-state index in [4.69, 9.17) is 27.9 Å². The van der Waals surface area contributed by atoms with E-state index in [1.165, 1.54) is 7.11 Å². The zero-order chi connectivity index (χ0) is 19.6. The number of hydrogen-bond donors (Lipinski definition) is 0. The molecule has 2 aliphatic rings. The summed E-state index contributed by atoms with van der Waals surface area (Å²) in [6, 6.07) is 4.55. The van der Waals surface area contributed by atoms with Crippen LogP contribution in [0.1, 0.15) is 12.8 Å². The van der Waals surface area contributed by atoms with Gasteiger partial charge in [0.25, 0.3) is 0 Å². The number of nitrogens with zero attached hydrogens (tertiary/aromatic N) is 3. The summed E-state index contributed by atoms with van der Waals surface area (Å²) < 4.78 is 5.11.